The lowest BCUT2D eigenvalue weighted by atomic mass is 10.1. The number of amides is 1. The van der Waals surface area contributed by atoms with Gasteiger partial charge in [0.2, 0.25) is 0 Å². The molecule has 2 aromatic rings. The summed E-state index contributed by atoms with van der Waals surface area (Å²) >= 11 is 0. The number of carbonyl (C=O) groups excluding carboxylic acids is 2. The Kier molecular flexibility index (Phi) is 3.84. The molecule has 7 nitrogen and oxygen atoms in total. The molecule has 0 fully saturated rings. The molecule has 1 amide bonds. The largest absolute Gasteiger partial charge is 0.356 e. The summed E-state index contributed by atoms with van der Waals surface area (Å²) in [6.45, 7) is 2.96. The Morgan fingerprint density at radius 3 is 2.62 bits per heavy atom. The maximum atomic E-state index is 12.1. The molecular weight excluding hydrogens is 274 g/mol. The second-order valence-corrected chi connectivity index (χ2v) is 4.52. The van der Waals surface area contributed by atoms with Crippen molar-refractivity contribution in [1.29, 1.82) is 0 Å². The van der Waals surface area contributed by atoms with Gasteiger partial charge in [-0.2, -0.15) is 0 Å². The zero-order chi connectivity index (χ0) is 15.6. The SMILES string of the molecule is CC(=O)c1c[nH]c(C(=O)Nc2cccc([N+](=O)[O-])c2C)c1. The minimum Gasteiger partial charge on any atom is -0.356 e. The van der Waals surface area contributed by atoms with E-state index in [9.17, 15) is 19.7 Å². The smallest absolute Gasteiger partial charge is 0.274 e. The molecule has 1 aromatic heterocycles. The van der Waals surface area contributed by atoms with Gasteiger partial charge in [0.05, 0.1) is 16.2 Å². The van der Waals surface area contributed by atoms with Gasteiger partial charge in [-0.05, 0) is 26.0 Å². The van der Waals surface area contributed by atoms with Gasteiger partial charge in [0, 0.05) is 17.8 Å². The molecule has 0 aliphatic rings. The zero-order valence-electron chi connectivity index (χ0n) is 11.5. The Balaban J connectivity index is 2.25. The molecule has 21 heavy (non-hydrogen) atoms. The maximum Gasteiger partial charge on any atom is 0.274 e. The zero-order valence-corrected chi connectivity index (χ0v) is 11.5. The summed E-state index contributed by atoms with van der Waals surface area (Å²) in [4.78, 5) is 36.3. The summed E-state index contributed by atoms with van der Waals surface area (Å²) in [5, 5.41) is 13.4. The maximum absolute atomic E-state index is 12.1. The number of nitrogens with zero attached hydrogens (tertiary/aromatic N) is 1. The highest BCUT2D eigenvalue weighted by Crippen LogP contribution is 2.25. The number of nitro benzene ring substituents is 1. The number of aromatic amines is 1. The minimum atomic E-state index is -0.506. The molecule has 2 rings (SSSR count). The Morgan fingerprint density at radius 1 is 1.33 bits per heavy atom. The van der Waals surface area contributed by atoms with Crippen molar-refractivity contribution in [2.45, 2.75) is 13.8 Å². The Hall–Kier alpha value is -2.96. The lowest BCUT2D eigenvalue weighted by molar-refractivity contribution is -0.385. The van der Waals surface area contributed by atoms with Crippen molar-refractivity contribution in [3.05, 3.63) is 57.4 Å². The van der Waals surface area contributed by atoms with Crippen LogP contribution in [0.5, 0.6) is 0 Å². The molecule has 2 N–H and O–H groups in total. The van der Waals surface area contributed by atoms with Crippen molar-refractivity contribution in [3.8, 4) is 0 Å². The second-order valence-electron chi connectivity index (χ2n) is 4.52. The third-order valence-electron chi connectivity index (χ3n) is 3.08. The van der Waals surface area contributed by atoms with Gasteiger partial charge in [-0.25, -0.2) is 0 Å². The lowest BCUT2D eigenvalue weighted by Gasteiger charge is -2.07. The number of aromatic nitrogens is 1. The van der Waals surface area contributed by atoms with Crippen LogP contribution in [0, 0.1) is 17.0 Å². The third-order valence-corrected chi connectivity index (χ3v) is 3.08. The number of nitro groups is 1. The molecule has 1 heterocycles. The van der Waals surface area contributed by atoms with Gasteiger partial charge in [-0.3, -0.25) is 19.7 Å². The summed E-state index contributed by atoms with van der Waals surface area (Å²) < 4.78 is 0. The first kappa shape index (κ1) is 14.4. The summed E-state index contributed by atoms with van der Waals surface area (Å²) in [5.41, 5.74) is 1.27. The first-order chi connectivity index (χ1) is 9.90. The van der Waals surface area contributed by atoms with E-state index < -0.39 is 10.8 Å². The Labute approximate surface area is 120 Å². The number of benzene rings is 1. The molecule has 0 atom stereocenters. The molecule has 0 aliphatic heterocycles. The summed E-state index contributed by atoms with van der Waals surface area (Å²) in [6, 6.07) is 5.88. The van der Waals surface area contributed by atoms with E-state index in [0.29, 0.717) is 16.8 Å². The van der Waals surface area contributed by atoms with Crippen molar-refractivity contribution in [1.82, 2.24) is 4.98 Å². The molecule has 0 unspecified atom stereocenters. The predicted octanol–water partition coefficient (Wildman–Crippen LogP) is 2.69. The normalized spacial score (nSPS) is 10.2. The van der Waals surface area contributed by atoms with Crippen LogP contribution in [0.1, 0.15) is 33.3 Å². The van der Waals surface area contributed by atoms with Crippen molar-refractivity contribution < 1.29 is 14.5 Å². The number of H-pyrrole nitrogens is 1. The van der Waals surface area contributed by atoms with E-state index in [0.717, 1.165) is 0 Å². The van der Waals surface area contributed by atoms with Crippen LogP contribution >= 0.6 is 0 Å². The van der Waals surface area contributed by atoms with Crippen LogP contribution in [0.4, 0.5) is 11.4 Å². The number of rotatable bonds is 4. The number of nitrogens with one attached hydrogen (secondary N) is 2. The van der Waals surface area contributed by atoms with Crippen LogP contribution < -0.4 is 5.32 Å². The van der Waals surface area contributed by atoms with Gasteiger partial charge in [-0.15, -0.1) is 0 Å². The first-order valence-corrected chi connectivity index (χ1v) is 6.15. The molecule has 7 heteroatoms. The summed E-state index contributed by atoms with van der Waals surface area (Å²) in [5.74, 6) is -0.622. The topological polar surface area (TPSA) is 105 Å². The van der Waals surface area contributed by atoms with Crippen LogP contribution in [-0.4, -0.2) is 21.6 Å². The van der Waals surface area contributed by atoms with Crippen LogP contribution in [0.3, 0.4) is 0 Å². The summed E-state index contributed by atoms with van der Waals surface area (Å²) in [6.07, 6.45) is 1.44. The Morgan fingerprint density at radius 2 is 2.05 bits per heavy atom. The van der Waals surface area contributed by atoms with E-state index in [-0.39, 0.29) is 17.2 Å². The van der Waals surface area contributed by atoms with E-state index in [1.807, 2.05) is 0 Å². The average Bonchev–Trinajstić information content (AvgIpc) is 2.90. The molecule has 0 radical (unpaired) electrons. The number of anilines is 1. The number of ketones is 1. The molecule has 108 valence electrons. The van der Waals surface area contributed by atoms with Crippen LogP contribution in [0.25, 0.3) is 0 Å². The first-order valence-electron chi connectivity index (χ1n) is 6.15. The highest BCUT2D eigenvalue weighted by atomic mass is 16.6. The highest BCUT2D eigenvalue weighted by Gasteiger charge is 2.16. The number of Topliss-reactive ketones (excluding diaryl/α,β-unsaturated/α-hetero) is 1. The Bertz CT molecular complexity index is 734. The van der Waals surface area contributed by atoms with Gasteiger partial charge >= 0.3 is 0 Å². The van der Waals surface area contributed by atoms with Gasteiger partial charge in [0.1, 0.15) is 5.69 Å². The van der Waals surface area contributed by atoms with Crippen LogP contribution in [0.15, 0.2) is 30.5 Å². The molecule has 0 saturated carbocycles. The molecular formula is C14H13N3O4. The van der Waals surface area contributed by atoms with E-state index >= 15 is 0 Å². The highest BCUT2D eigenvalue weighted by molar-refractivity contribution is 6.05. The molecule has 0 aliphatic carbocycles. The van der Waals surface area contributed by atoms with Crippen LogP contribution in [0.2, 0.25) is 0 Å². The van der Waals surface area contributed by atoms with Crippen molar-refractivity contribution in [2.24, 2.45) is 0 Å². The van der Waals surface area contributed by atoms with Gasteiger partial charge in [-0.1, -0.05) is 6.07 Å². The molecule has 0 spiro atoms. The standard InChI is InChI=1S/C14H13N3O4/c1-8-11(4-3-5-13(8)17(20)21)16-14(19)12-6-10(7-15-12)9(2)18/h3-7,15H,1-2H3,(H,16,19). The van der Waals surface area contributed by atoms with Crippen molar-refractivity contribution >= 4 is 23.1 Å². The minimum absolute atomic E-state index is 0.0660. The monoisotopic (exact) mass is 287 g/mol. The van der Waals surface area contributed by atoms with Crippen molar-refractivity contribution in [2.75, 3.05) is 5.32 Å². The van der Waals surface area contributed by atoms with E-state index in [1.165, 1.54) is 31.3 Å². The predicted molar refractivity (Wildman–Crippen MR) is 76.6 cm³/mol. The number of hydrogen-bond donors (Lipinski definition) is 2. The second kappa shape index (κ2) is 5.58. The van der Waals surface area contributed by atoms with Crippen LogP contribution in [-0.2, 0) is 0 Å². The lowest BCUT2D eigenvalue weighted by Crippen LogP contribution is -2.13. The van der Waals surface area contributed by atoms with E-state index in [4.69, 9.17) is 0 Å². The fourth-order valence-corrected chi connectivity index (χ4v) is 1.88. The van der Waals surface area contributed by atoms with E-state index in [2.05, 4.69) is 10.3 Å². The fraction of sp³-hybridized carbons (Fsp3) is 0.143. The third kappa shape index (κ3) is 2.97. The fourth-order valence-electron chi connectivity index (χ4n) is 1.88. The average molecular weight is 287 g/mol. The molecule has 0 saturated heterocycles. The van der Waals surface area contributed by atoms with Crippen molar-refractivity contribution in [3.63, 3.8) is 0 Å². The molecule has 1 aromatic carbocycles. The molecule has 0 bridgehead atoms. The van der Waals surface area contributed by atoms with E-state index in [1.54, 1.807) is 13.0 Å². The van der Waals surface area contributed by atoms with Gasteiger partial charge in [0.15, 0.2) is 5.78 Å². The van der Waals surface area contributed by atoms with Gasteiger partial charge in [0.25, 0.3) is 11.6 Å². The van der Waals surface area contributed by atoms with Gasteiger partial charge < -0.3 is 10.3 Å². The number of hydrogen-bond acceptors (Lipinski definition) is 4. The number of carbonyl (C=O) groups is 2. The quantitative estimate of drug-likeness (QED) is 0.512. The summed E-state index contributed by atoms with van der Waals surface area (Å²) in [7, 11) is 0.